The Morgan fingerprint density at radius 1 is 1.06 bits per heavy atom. The van der Waals surface area contributed by atoms with Crippen molar-refractivity contribution in [1.82, 2.24) is 4.90 Å². The molecule has 2 fully saturated rings. The molecule has 2 heterocycles. The summed E-state index contributed by atoms with van der Waals surface area (Å²) in [5.74, 6) is 0.855. The fraction of sp³-hybridized carbons (Fsp3) is 1.00. The highest BCUT2D eigenvalue weighted by Crippen LogP contribution is 2.37. The van der Waals surface area contributed by atoms with Crippen molar-refractivity contribution in [3.63, 3.8) is 0 Å². The average Bonchev–Trinajstić information content (AvgIpc) is 2.50. The van der Waals surface area contributed by atoms with E-state index in [4.69, 9.17) is 5.73 Å². The Labute approximate surface area is 107 Å². The van der Waals surface area contributed by atoms with Gasteiger partial charge < -0.3 is 5.73 Å². The lowest BCUT2D eigenvalue weighted by molar-refractivity contribution is 0.0796. The van der Waals surface area contributed by atoms with Crippen LogP contribution in [0.1, 0.15) is 65.7 Å². The van der Waals surface area contributed by atoms with Crippen molar-refractivity contribution in [2.24, 2.45) is 11.7 Å². The van der Waals surface area contributed by atoms with E-state index < -0.39 is 0 Å². The predicted octanol–water partition coefficient (Wildman–Crippen LogP) is 3.16. The highest BCUT2D eigenvalue weighted by molar-refractivity contribution is 4.98. The van der Waals surface area contributed by atoms with E-state index in [-0.39, 0.29) is 0 Å². The minimum Gasteiger partial charge on any atom is -0.328 e. The first-order valence-electron chi connectivity index (χ1n) is 7.61. The van der Waals surface area contributed by atoms with Crippen molar-refractivity contribution in [2.75, 3.05) is 0 Å². The highest BCUT2D eigenvalue weighted by atomic mass is 15.2. The Balaban J connectivity index is 1.81. The summed E-state index contributed by atoms with van der Waals surface area (Å²) in [6, 6.07) is 2.86. The molecule has 0 aromatic heterocycles. The third-order valence-electron chi connectivity index (χ3n) is 4.74. The van der Waals surface area contributed by atoms with Crippen LogP contribution in [0.25, 0.3) is 0 Å². The number of hydrogen-bond donors (Lipinski definition) is 1. The molecule has 3 atom stereocenters. The molecule has 2 aliphatic heterocycles. The SMILES string of the molecule is CC(C)CCCC(C)N1C2CCC1CC(N)C2. The number of piperidine rings is 1. The fourth-order valence-electron chi connectivity index (χ4n) is 3.95. The van der Waals surface area contributed by atoms with E-state index in [2.05, 4.69) is 25.7 Å². The normalized spacial score (nSPS) is 35.5. The molecule has 2 nitrogen and oxygen atoms in total. The molecule has 2 aliphatic rings. The zero-order valence-corrected chi connectivity index (χ0v) is 11.9. The average molecular weight is 238 g/mol. The molecule has 17 heavy (non-hydrogen) atoms. The molecule has 2 saturated heterocycles. The second kappa shape index (κ2) is 5.71. The molecule has 0 amide bonds. The Bertz CT molecular complexity index is 225. The zero-order valence-electron chi connectivity index (χ0n) is 11.9. The first-order valence-corrected chi connectivity index (χ1v) is 7.61. The summed E-state index contributed by atoms with van der Waals surface area (Å²) in [6.45, 7) is 7.09. The van der Waals surface area contributed by atoms with E-state index in [0.717, 1.165) is 24.0 Å². The van der Waals surface area contributed by atoms with Crippen LogP contribution in [0.5, 0.6) is 0 Å². The van der Waals surface area contributed by atoms with Gasteiger partial charge >= 0.3 is 0 Å². The van der Waals surface area contributed by atoms with Gasteiger partial charge in [-0.15, -0.1) is 0 Å². The molecule has 0 saturated carbocycles. The summed E-state index contributed by atoms with van der Waals surface area (Å²) in [4.78, 5) is 2.81. The molecule has 2 heteroatoms. The van der Waals surface area contributed by atoms with Crippen molar-refractivity contribution in [1.29, 1.82) is 0 Å². The minimum atomic E-state index is 0.478. The number of hydrogen-bond acceptors (Lipinski definition) is 2. The maximum Gasteiger partial charge on any atom is 0.0116 e. The fourth-order valence-corrected chi connectivity index (χ4v) is 3.95. The minimum absolute atomic E-state index is 0.478. The van der Waals surface area contributed by atoms with E-state index in [1.807, 2.05) is 0 Å². The summed E-state index contributed by atoms with van der Waals surface area (Å²) in [7, 11) is 0. The lowest BCUT2D eigenvalue weighted by atomic mass is 9.94. The lowest BCUT2D eigenvalue weighted by Gasteiger charge is -2.41. The molecule has 2 rings (SSSR count). The first-order chi connectivity index (χ1) is 8.08. The summed E-state index contributed by atoms with van der Waals surface area (Å²) >= 11 is 0. The Morgan fingerprint density at radius 3 is 2.18 bits per heavy atom. The van der Waals surface area contributed by atoms with Crippen LogP contribution in [-0.4, -0.2) is 29.1 Å². The van der Waals surface area contributed by atoms with E-state index in [1.165, 1.54) is 44.9 Å². The third-order valence-corrected chi connectivity index (χ3v) is 4.74. The molecular weight excluding hydrogens is 208 g/mol. The van der Waals surface area contributed by atoms with Crippen LogP contribution in [0.3, 0.4) is 0 Å². The van der Waals surface area contributed by atoms with Crippen molar-refractivity contribution in [2.45, 2.75) is 89.9 Å². The van der Waals surface area contributed by atoms with Crippen LogP contribution in [0, 0.1) is 5.92 Å². The number of fused-ring (bicyclic) bond motifs is 2. The molecule has 2 bridgehead atoms. The molecule has 0 aromatic carbocycles. The highest BCUT2D eigenvalue weighted by Gasteiger charge is 2.41. The van der Waals surface area contributed by atoms with E-state index in [0.29, 0.717) is 6.04 Å². The second-order valence-corrected chi connectivity index (χ2v) is 6.74. The maximum atomic E-state index is 6.13. The van der Waals surface area contributed by atoms with Crippen LogP contribution in [-0.2, 0) is 0 Å². The monoisotopic (exact) mass is 238 g/mol. The van der Waals surface area contributed by atoms with Crippen LogP contribution >= 0.6 is 0 Å². The summed E-state index contributed by atoms with van der Waals surface area (Å²) in [6.07, 6.45) is 9.42. The Hall–Kier alpha value is -0.0800. The van der Waals surface area contributed by atoms with Crippen LogP contribution in [0.2, 0.25) is 0 Å². The van der Waals surface area contributed by atoms with Crippen LogP contribution < -0.4 is 5.73 Å². The van der Waals surface area contributed by atoms with E-state index >= 15 is 0 Å². The first kappa shape index (κ1) is 13.4. The molecule has 0 spiro atoms. The molecule has 0 radical (unpaired) electrons. The van der Waals surface area contributed by atoms with Crippen molar-refractivity contribution in [3.8, 4) is 0 Å². The van der Waals surface area contributed by atoms with Gasteiger partial charge in [-0.3, -0.25) is 4.90 Å². The van der Waals surface area contributed by atoms with Crippen LogP contribution in [0.4, 0.5) is 0 Å². The standard InChI is InChI=1S/C15H30N2/c1-11(2)5-4-6-12(3)17-14-7-8-15(17)10-13(16)9-14/h11-15H,4-10,16H2,1-3H3. The zero-order chi connectivity index (χ0) is 12.4. The topological polar surface area (TPSA) is 29.3 Å². The van der Waals surface area contributed by atoms with Gasteiger partial charge in [-0.25, -0.2) is 0 Å². The third kappa shape index (κ3) is 3.23. The number of nitrogens with two attached hydrogens (primary N) is 1. The van der Waals surface area contributed by atoms with E-state index in [1.54, 1.807) is 0 Å². The quantitative estimate of drug-likeness (QED) is 0.797. The summed E-state index contributed by atoms with van der Waals surface area (Å²) in [5.41, 5.74) is 6.13. The molecular formula is C15H30N2. The lowest BCUT2D eigenvalue weighted by Crippen LogP contribution is -2.51. The number of nitrogens with zero attached hydrogens (tertiary/aromatic N) is 1. The van der Waals surface area contributed by atoms with Gasteiger partial charge in [-0.05, 0) is 44.9 Å². The maximum absolute atomic E-state index is 6.13. The van der Waals surface area contributed by atoms with Crippen LogP contribution in [0.15, 0.2) is 0 Å². The van der Waals surface area contributed by atoms with Gasteiger partial charge in [-0.1, -0.05) is 26.7 Å². The summed E-state index contributed by atoms with van der Waals surface area (Å²) < 4.78 is 0. The Kier molecular flexibility index (Phi) is 4.48. The van der Waals surface area contributed by atoms with Gasteiger partial charge in [-0.2, -0.15) is 0 Å². The van der Waals surface area contributed by atoms with Gasteiger partial charge in [0.1, 0.15) is 0 Å². The molecule has 100 valence electrons. The van der Waals surface area contributed by atoms with E-state index in [9.17, 15) is 0 Å². The molecule has 3 unspecified atom stereocenters. The summed E-state index contributed by atoms with van der Waals surface area (Å²) in [5, 5.41) is 0. The second-order valence-electron chi connectivity index (χ2n) is 6.74. The van der Waals surface area contributed by atoms with Crippen molar-refractivity contribution < 1.29 is 0 Å². The largest absolute Gasteiger partial charge is 0.328 e. The van der Waals surface area contributed by atoms with Gasteiger partial charge in [0.2, 0.25) is 0 Å². The van der Waals surface area contributed by atoms with Gasteiger partial charge in [0.15, 0.2) is 0 Å². The smallest absolute Gasteiger partial charge is 0.0116 e. The Morgan fingerprint density at radius 2 is 1.65 bits per heavy atom. The molecule has 0 aliphatic carbocycles. The number of rotatable bonds is 5. The van der Waals surface area contributed by atoms with Gasteiger partial charge in [0, 0.05) is 24.2 Å². The van der Waals surface area contributed by atoms with Gasteiger partial charge in [0.25, 0.3) is 0 Å². The van der Waals surface area contributed by atoms with Crippen molar-refractivity contribution >= 4 is 0 Å². The molecule has 2 N–H and O–H groups in total. The molecule has 0 aromatic rings. The predicted molar refractivity (Wildman–Crippen MR) is 74.0 cm³/mol. The van der Waals surface area contributed by atoms with Crippen molar-refractivity contribution in [3.05, 3.63) is 0 Å². The van der Waals surface area contributed by atoms with Gasteiger partial charge in [0.05, 0.1) is 0 Å².